The van der Waals surface area contributed by atoms with Crippen LogP contribution in [0, 0.1) is 11.6 Å². The van der Waals surface area contributed by atoms with Crippen LogP contribution in [0.25, 0.3) is 0 Å². The summed E-state index contributed by atoms with van der Waals surface area (Å²) in [7, 11) is 0. The Morgan fingerprint density at radius 1 is 1.60 bits per heavy atom. The van der Waals surface area contributed by atoms with Crippen LogP contribution in [-0.4, -0.2) is 16.6 Å². The summed E-state index contributed by atoms with van der Waals surface area (Å²) in [4.78, 5) is 7.62. The molecule has 0 aromatic carbocycles. The molecule has 1 saturated heterocycles. The van der Waals surface area contributed by atoms with Crippen LogP contribution in [-0.2, 0) is 10.3 Å². The first-order chi connectivity index (χ1) is 7.03. The fourth-order valence-electron chi connectivity index (χ4n) is 1.79. The molecule has 1 unspecified atom stereocenters. The second kappa shape index (κ2) is 3.96. The maximum atomic E-state index is 5.72. The van der Waals surface area contributed by atoms with Crippen LogP contribution in [0.1, 0.15) is 31.3 Å². The second-order valence-electron chi connectivity index (χ2n) is 4.01. The smallest absolute Gasteiger partial charge is 0.144 e. The van der Waals surface area contributed by atoms with Gasteiger partial charge in [0.15, 0.2) is 0 Å². The van der Waals surface area contributed by atoms with Gasteiger partial charge < -0.3 is 9.72 Å². The van der Waals surface area contributed by atoms with Crippen molar-refractivity contribution in [3.8, 4) is 0 Å². The third-order valence-corrected chi connectivity index (χ3v) is 4.28. The Hall–Kier alpha value is -0.260. The van der Waals surface area contributed by atoms with E-state index in [1.165, 1.54) is 0 Å². The lowest BCUT2D eigenvalue weighted by atomic mass is 10.0. The zero-order valence-electron chi connectivity index (χ0n) is 8.76. The third-order valence-electron chi connectivity index (χ3n) is 2.76. The van der Waals surface area contributed by atoms with Gasteiger partial charge in [-0.3, -0.25) is 0 Å². The predicted molar refractivity (Wildman–Crippen MR) is 64.4 cm³/mol. The fourth-order valence-corrected chi connectivity index (χ4v) is 2.22. The van der Waals surface area contributed by atoms with Crippen molar-refractivity contribution in [1.82, 2.24) is 9.97 Å². The summed E-state index contributed by atoms with van der Waals surface area (Å²) in [6, 6.07) is 0. The van der Waals surface area contributed by atoms with Crippen LogP contribution in [0.2, 0.25) is 0 Å². The van der Waals surface area contributed by atoms with Crippen LogP contribution >= 0.6 is 28.1 Å². The van der Waals surface area contributed by atoms with Crippen LogP contribution in [0.15, 0.2) is 4.47 Å². The van der Waals surface area contributed by atoms with Gasteiger partial charge in [0.25, 0.3) is 0 Å². The van der Waals surface area contributed by atoms with E-state index in [0.29, 0.717) is 4.64 Å². The van der Waals surface area contributed by atoms with Gasteiger partial charge in [-0.05, 0) is 42.6 Å². The predicted octanol–water partition coefficient (Wildman–Crippen LogP) is 3.24. The summed E-state index contributed by atoms with van der Waals surface area (Å²) >= 11 is 8.58. The number of rotatable bonds is 1. The first kappa shape index (κ1) is 11.2. The van der Waals surface area contributed by atoms with E-state index >= 15 is 0 Å². The number of ether oxygens (including phenoxy) is 1. The van der Waals surface area contributed by atoms with Crippen molar-refractivity contribution in [2.24, 2.45) is 0 Å². The molecule has 15 heavy (non-hydrogen) atoms. The molecule has 0 spiro atoms. The minimum absolute atomic E-state index is 0.293. The standard InChI is InChI=1S/C10H13BrN2OS/c1-6-7(11)8(15)13-9(12-6)10(2)4-3-5-14-10/h3-5H2,1-2H3,(H,12,13,15). The van der Waals surface area contributed by atoms with Gasteiger partial charge >= 0.3 is 0 Å². The molecule has 0 bridgehead atoms. The van der Waals surface area contributed by atoms with Crippen LogP contribution in [0.3, 0.4) is 0 Å². The molecule has 0 amide bonds. The van der Waals surface area contributed by atoms with Crippen LogP contribution < -0.4 is 0 Å². The highest BCUT2D eigenvalue weighted by Crippen LogP contribution is 2.34. The number of H-pyrrole nitrogens is 1. The summed E-state index contributed by atoms with van der Waals surface area (Å²) in [5.74, 6) is 0.839. The molecule has 2 heterocycles. The van der Waals surface area contributed by atoms with Gasteiger partial charge in [0.2, 0.25) is 0 Å². The number of halogens is 1. The van der Waals surface area contributed by atoms with E-state index in [1.54, 1.807) is 0 Å². The molecular weight excluding hydrogens is 276 g/mol. The van der Waals surface area contributed by atoms with Crippen molar-refractivity contribution in [2.75, 3.05) is 6.61 Å². The van der Waals surface area contributed by atoms with Crippen molar-refractivity contribution >= 4 is 28.1 Å². The third kappa shape index (κ3) is 2.00. The van der Waals surface area contributed by atoms with E-state index < -0.39 is 0 Å². The minimum Gasteiger partial charge on any atom is -0.367 e. The molecule has 1 aliphatic rings. The second-order valence-corrected chi connectivity index (χ2v) is 5.19. The van der Waals surface area contributed by atoms with Gasteiger partial charge in [-0.2, -0.15) is 0 Å². The number of aromatic nitrogens is 2. The Bertz CT molecular complexity index is 438. The average molecular weight is 289 g/mol. The van der Waals surface area contributed by atoms with Crippen LogP contribution in [0.5, 0.6) is 0 Å². The molecule has 3 nitrogen and oxygen atoms in total. The normalized spacial score (nSPS) is 25.8. The largest absolute Gasteiger partial charge is 0.367 e. The van der Waals surface area contributed by atoms with Crippen molar-refractivity contribution < 1.29 is 4.74 Å². The van der Waals surface area contributed by atoms with Gasteiger partial charge in [-0.25, -0.2) is 4.98 Å². The molecular formula is C10H13BrN2OS. The summed E-state index contributed by atoms with van der Waals surface area (Å²) in [5.41, 5.74) is 0.709. The maximum absolute atomic E-state index is 5.72. The summed E-state index contributed by atoms with van der Waals surface area (Å²) in [6.07, 6.45) is 2.07. The zero-order chi connectivity index (χ0) is 11.1. The number of aryl methyl sites for hydroxylation is 1. The molecule has 1 aromatic heterocycles. The van der Waals surface area contributed by atoms with E-state index in [9.17, 15) is 0 Å². The topological polar surface area (TPSA) is 37.9 Å². The number of hydrogen-bond donors (Lipinski definition) is 1. The van der Waals surface area contributed by atoms with E-state index in [0.717, 1.165) is 35.4 Å². The fraction of sp³-hybridized carbons (Fsp3) is 0.600. The molecule has 0 radical (unpaired) electrons. The Labute approximate surface area is 102 Å². The number of nitrogens with zero attached hydrogens (tertiary/aromatic N) is 1. The molecule has 1 atom stereocenters. The molecule has 1 aliphatic heterocycles. The zero-order valence-corrected chi connectivity index (χ0v) is 11.2. The van der Waals surface area contributed by atoms with Gasteiger partial charge in [-0.15, -0.1) is 0 Å². The van der Waals surface area contributed by atoms with Crippen molar-refractivity contribution in [3.63, 3.8) is 0 Å². The Balaban J connectivity index is 2.50. The molecule has 0 aliphatic carbocycles. The van der Waals surface area contributed by atoms with Gasteiger partial charge in [-0.1, -0.05) is 12.2 Å². The molecule has 1 N–H and O–H groups in total. The van der Waals surface area contributed by atoms with E-state index in [2.05, 4.69) is 32.8 Å². The Morgan fingerprint density at radius 2 is 2.33 bits per heavy atom. The van der Waals surface area contributed by atoms with Gasteiger partial charge in [0.05, 0.1) is 4.47 Å². The van der Waals surface area contributed by atoms with Gasteiger partial charge in [0, 0.05) is 12.3 Å². The van der Waals surface area contributed by atoms with Gasteiger partial charge in [0.1, 0.15) is 16.1 Å². The quantitative estimate of drug-likeness (QED) is 0.807. The number of aromatic amines is 1. The lowest BCUT2D eigenvalue weighted by Crippen LogP contribution is -2.24. The molecule has 82 valence electrons. The summed E-state index contributed by atoms with van der Waals surface area (Å²) in [6.45, 7) is 4.83. The first-order valence-corrected chi connectivity index (χ1v) is 6.14. The molecule has 0 saturated carbocycles. The SMILES string of the molecule is Cc1[nH]c(C2(C)CCCO2)nc(=S)c1Br. The van der Waals surface area contributed by atoms with E-state index in [4.69, 9.17) is 17.0 Å². The number of nitrogens with one attached hydrogen (secondary N) is 1. The lowest BCUT2D eigenvalue weighted by molar-refractivity contribution is 0.00907. The highest BCUT2D eigenvalue weighted by atomic mass is 79.9. The maximum Gasteiger partial charge on any atom is 0.144 e. The first-order valence-electron chi connectivity index (χ1n) is 4.94. The minimum atomic E-state index is -0.293. The van der Waals surface area contributed by atoms with Crippen LogP contribution in [0.4, 0.5) is 0 Å². The van der Waals surface area contributed by atoms with Crippen molar-refractivity contribution in [1.29, 1.82) is 0 Å². The molecule has 5 heteroatoms. The summed E-state index contributed by atoms with van der Waals surface area (Å²) < 4.78 is 7.18. The Kier molecular flexibility index (Phi) is 2.96. The molecule has 2 rings (SSSR count). The van der Waals surface area contributed by atoms with E-state index in [-0.39, 0.29) is 5.60 Å². The highest BCUT2D eigenvalue weighted by Gasteiger charge is 2.34. The summed E-state index contributed by atoms with van der Waals surface area (Å²) in [5, 5.41) is 0. The Morgan fingerprint density at radius 3 is 2.87 bits per heavy atom. The molecule has 1 fully saturated rings. The highest BCUT2D eigenvalue weighted by molar-refractivity contribution is 9.10. The average Bonchev–Trinajstić information content (AvgIpc) is 2.62. The van der Waals surface area contributed by atoms with Crippen molar-refractivity contribution in [2.45, 2.75) is 32.3 Å². The van der Waals surface area contributed by atoms with E-state index in [1.807, 2.05) is 6.92 Å². The van der Waals surface area contributed by atoms with Crippen molar-refractivity contribution in [3.05, 3.63) is 20.6 Å². The number of hydrogen-bond acceptors (Lipinski definition) is 3. The molecule has 1 aromatic rings. The lowest BCUT2D eigenvalue weighted by Gasteiger charge is -2.22. The monoisotopic (exact) mass is 288 g/mol.